The number of nitrogens with two attached hydrogens (primary N) is 1. The molecule has 0 radical (unpaired) electrons. The number of likely N-dealkylation sites (tertiary alicyclic amines) is 1. The van der Waals surface area contributed by atoms with E-state index in [4.69, 9.17) is 5.73 Å². The van der Waals surface area contributed by atoms with E-state index in [1.807, 2.05) is 27.7 Å². The maximum Gasteiger partial charge on any atom is 0.231 e. The van der Waals surface area contributed by atoms with Gasteiger partial charge in [-0.3, -0.25) is 19.5 Å². The first kappa shape index (κ1) is 21.2. The largest absolute Gasteiger partial charge is 0.369 e. The van der Waals surface area contributed by atoms with E-state index in [0.717, 1.165) is 38.4 Å². The van der Waals surface area contributed by atoms with Crippen molar-refractivity contribution in [3.8, 4) is 0 Å². The van der Waals surface area contributed by atoms with Crippen LogP contribution in [-0.2, 0) is 9.59 Å². The summed E-state index contributed by atoms with van der Waals surface area (Å²) in [6.45, 7) is 11.5. The number of nitrogens with zero attached hydrogens (tertiary/aromatic N) is 2. The standard InChI is InChI=1S/C17H34N6O2/c1-5-19-16(21-9-8-20-15(25)17(2,3)4)22-13-6-10-23(11-7-13)12-14(18)24/h13H,5-12H2,1-4H3,(H2,18,24)(H,20,25)(H2,19,21,22). The zero-order chi connectivity index (χ0) is 18.9. The Morgan fingerprint density at radius 2 is 1.84 bits per heavy atom. The maximum absolute atomic E-state index is 11.8. The third kappa shape index (κ3) is 8.72. The molecule has 0 aromatic rings. The van der Waals surface area contributed by atoms with E-state index in [1.165, 1.54) is 0 Å². The molecular formula is C17H34N6O2. The third-order valence-electron chi connectivity index (χ3n) is 4.00. The second-order valence-electron chi connectivity index (χ2n) is 7.43. The van der Waals surface area contributed by atoms with Crippen LogP contribution in [0.15, 0.2) is 4.99 Å². The van der Waals surface area contributed by atoms with Gasteiger partial charge in [-0.05, 0) is 19.8 Å². The van der Waals surface area contributed by atoms with Gasteiger partial charge in [0.05, 0.1) is 13.1 Å². The lowest BCUT2D eigenvalue weighted by Gasteiger charge is -2.32. The molecular weight excluding hydrogens is 320 g/mol. The number of guanidine groups is 1. The quantitative estimate of drug-likeness (QED) is 0.284. The first-order valence-corrected chi connectivity index (χ1v) is 9.06. The summed E-state index contributed by atoms with van der Waals surface area (Å²) in [7, 11) is 0. The highest BCUT2D eigenvalue weighted by Gasteiger charge is 2.21. The molecule has 8 heteroatoms. The van der Waals surface area contributed by atoms with Crippen molar-refractivity contribution >= 4 is 17.8 Å². The molecule has 5 N–H and O–H groups in total. The highest BCUT2D eigenvalue weighted by molar-refractivity contribution is 5.81. The van der Waals surface area contributed by atoms with Gasteiger partial charge in [-0.2, -0.15) is 0 Å². The summed E-state index contributed by atoms with van der Waals surface area (Å²) >= 11 is 0. The van der Waals surface area contributed by atoms with E-state index in [0.29, 0.717) is 25.7 Å². The summed E-state index contributed by atoms with van der Waals surface area (Å²) in [5.41, 5.74) is 4.86. The normalized spacial score (nSPS) is 17.2. The van der Waals surface area contributed by atoms with E-state index < -0.39 is 0 Å². The van der Waals surface area contributed by atoms with Crippen molar-refractivity contribution in [2.75, 3.05) is 39.3 Å². The van der Waals surface area contributed by atoms with Gasteiger partial charge in [-0.15, -0.1) is 0 Å². The predicted molar refractivity (Wildman–Crippen MR) is 100 cm³/mol. The van der Waals surface area contributed by atoms with E-state index in [-0.39, 0.29) is 17.2 Å². The second-order valence-corrected chi connectivity index (χ2v) is 7.43. The van der Waals surface area contributed by atoms with E-state index in [2.05, 4.69) is 25.8 Å². The van der Waals surface area contributed by atoms with Crippen LogP contribution in [0.5, 0.6) is 0 Å². The second kappa shape index (κ2) is 10.2. The number of primary amides is 1. The van der Waals surface area contributed by atoms with Crippen LogP contribution < -0.4 is 21.7 Å². The van der Waals surface area contributed by atoms with Crippen molar-refractivity contribution in [3.63, 3.8) is 0 Å². The Kier molecular flexibility index (Phi) is 8.68. The molecule has 0 atom stereocenters. The highest BCUT2D eigenvalue weighted by atomic mass is 16.2. The van der Waals surface area contributed by atoms with Gasteiger partial charge in [-0.1, -0.05) is 20.8 Å². The van der Waals surface area contributed by atoms with Gasteiger partial charge in [0.25, 0.3) is 0 Å². The van der Waals surface area contributed by atoms with E-state index in [1.54, 1.807) is 0 Å². The van der Waals surface area contributed by atoms with Crippen LogP contribution in [0.25, 0.3) is 0 Å². The summed E-state index contributed by atoms with van der Waals surface area (Å²) in [5.74, 6) is 0.516. The lowest BCUT2D eigenvalue weighted by molar-refractivity contribution is -0.128. The summed E-state index contributed by atoms with van der Waals surface area (Å²) < 4.78 is 0. The fourth-order valence-electron chi connectivity index (χ4n) is 2.57. The van der Waals surface area contributed by atoms with Crippen molar-refractivity contribution in [1.29, 1.82) is 0 Å². The predicted octanol–water partition coefficient (Wildman–Crippen LogP) is -0.346. The lowest BCUT2D eigenvalue weighted by Crippen LogP contribution is -2.50. The minimum atomic E-state index is -0.384. The summed E-state index contributed by atoms with van der Waals surface area (Å²) in [4.78, 5) is 29.4. The van der Waals surface area contributed by atoms with Crippen LogP contribution in [-0.4, -0.2) is 68.0 Å². The van der Waals surface area contributed by atoms with Crippen LogP contribution in [0.2, 0.25) is 0 Å². The molecule has 25 heavy (non-hydrogen) atoms. The van der Waals surface area contributed by atoms with Crippen LogP contribution in [0.1, 0.15) is 40.5 Å². The third-order valence-corrected chi connectivity index (χ3v) is 4.00. The number of amides is 2. The first-order valence-electron chi connectivity index (χ1n) is 9.06. The number of rotatable bonds is 7. The molecule has 1 aliphatic rings. The minimum absolute atomic E-state index is 0.0301. The number of aliphatic imine (C=N–C) groups is 1. The Labute approximate surface area is 151 Å². The topological polar surface area (TPSA) is 112 Å². The lowest BCUT2D eigenvalue weighted by atomic mass is 9.96. The van der Waals surface area contributed by atoms with Crippen molar-refractivity contribution < 1.29 is 9.59 Å². The van der Waals surface area contributed by atoms with Gasteiger partial charge >= 0.3 is 0 Å². The maximum atomic E-state index is 11.8. The molecule has 0 saturated carbocycles. The first-order chi connectivity index (χ1) is 11.7. The zero-order valence-electron chi connectivity index (χ0n) is 16.0. The fraction of sp³-hybridized carbons (Fsp3) is 0.824. The fourth-order valence-corrected chi connectivity index (χ4v) is 2.57. The van der Waals surface area contributed by atoms with Crippen molar-refractivity contribution in [1.82, 2.24) is 20.9 Å². The number of carbonyl (C=O) groups excluding carboxylic acids is 2. The molecule has 0 bridgehead atoms. The summed E-state index contributed by atoms with van der Waals surface area (Å²) in [6.07, 6.45) is 1.89. The van der Waals surface area contributed by atoms with Crippen LogP contribution in [0, 0.1) is 5.41 Å². The van der Waals surface area contributed by atoms with E-state index in [9.17, 15) is 9.59 Å². The van der Waals surface area contributed by atoms with Crippen molar-refractivity contribution in [2.45, 2.75) is 46.6 Å². The van der Waals surface area contributed by atoms with Crippen molar-refractivity contribution in [3.05, 3.63) is 0 Å². The molecule has 0 spiro atoms. The Balaban J connectivity index is 2.39. The summed E-state index contributed by atoms with van der Waals surface area (Å²) in [5, 5.41) is 9.56. The molecule has 0 aliphatic carbocycles. The van der Waals surface area contributed by atoms with Gasteiger partial charge in [0.2, 0.25) is 11.8 Å². The molecule has 8 nitrogen and oxygen atoms in total. The smallest absolute Gasteiger partial charge is 0.231 e. The van der Waals surface area contributed by atoms with E-state index >= 15 is 0 Å². The highest BCUT2D eigenvalue weighted by Crippen LogP contribution is 2.12. The van der Waals surface area contributed by atoms with Crippen molar-refractivity contribution in [2.24, 2.45) is 16.1 Å². The minimum Gasteiger partial charge on any atom is -0.369 e. The monoisotopic (exact) mass is 354 g/mol. The molecule has 0 aromatic heterocycles. The molecule has 2 amide bonds. The van der Waals surface area contributed by atoms with Gasteiger partial charge in [0, 0.05) is 37.6 Å². The number of nitrogens with one attached hydrogen (secondary N) is 3. The Hall–Kier alpha value is -1.83. The number of carbonyl (C=O) groups is 2. The molecule has 1 fully saturated rings. The Bertz CT molecular complexity index is 464. The van der Waals surface area contributed by atoms with Gasteiger partial charge in [-0.25, -0.2) is 0 Å². The number of hydrogen-bond acceptors (Lipinski definition) is 4. The summed E-state index contributed by atoms with van der Waals surface area (Å²) in [6, 6.07) is 0.325. The Morgan fingerprint density at radius 3 is 2.36 bits per heavy atom. The molecule has 0 aromatic carbocycles. The molecule has 1 saturated heterocycles. The van der Waals surface area contributed by atoms with Gasteiger partial charge in [0.15, 0.2) is 5.96 Å². The molecule has 1 heterocycles. The molecule has 0 unspecified atom stereocenters. The average molecular weight is 354 g/mol. The van der Waals surface area contributed by atoms with Crippen LogP contribution in [0.4, 0.5) is 0 Å². The average Bonchev–Trinajstić information content (AvgIpc) is 2.51. The van der Waals surface area contributed by atoms with Gasteiger partial charge < -0.3 is 21.7 Å². The molecule has 144 valence electrons. The molecule has 1 rings (SSSR count). The zero-order valence-corrected chi connectivity index (χ0v) is 16.0. The van der Waals surface area contributed by atoms with Gasteiger partial charge in [0.1, 0.15) is 0 Å². The van der Waals surface area contributed by atoms with Crippen LogP contribution in [0.3, 0.4) is 0 Å². The molecule has 1 aliphatic heterocycles. The SMILES string of the molecule is CCNC(=NCCNC(=O)C(C)(C)C)NC1CCN(CC(N)=O)CC1. The number of piperidine rings is 1. The number of hydrogen-bond donors (Lipinski definition) is 4. The Morgan fingerprint density at radius 1 is 1.20 bits per heavy atom. The van der Waals surface area contributed by atoms with Crippen LogP contribution >= 0.6 is 0 Å².